The first-order valence-corrected chi connectivity index (χ1v) is 7.16. The van der Waals surface area contributed by atoms with E-state index in [9.17, 15) is 17.6 Å². The first-order chi connectivity index (χ1) is 9.88. The van der Waals surface area contributed by atoms with E-state index in [0.29, 0.717) is 12.0 Å². The molecule has 114 valence electrons. The fraction of sp³-hybridized carbons (Fsp3) is 0.500. The van der Waals surface area contributed by atoms with E-state index in [1.807, 2.05) is 13.1 Å². The molecule has 1 aromatic carbocycles. The molecule has 2 aliphatic rings. The molecule has 1 aromatic rings. The Hall–Kier alpha value is -1.36. The third kappa shape index (κ3) is 2.59. The summed E-state index contributed by atoms with van der Waals surface area (Å²) in [7, 11) is 2.01. The van der Waals surface area contributed by atoms with Crippen LogP contribution in [-0.2, 0) is 6.18 Å². The predicted octanol–water partition coefficient (Wildman–Crippen LogP) is 4.48. The molecule has 0 radical (unpaired) electrons. The first-order valence-electron chi connectivity index (χ1n) is 7.16. The number of benzene rings is 1. The average Bonchev–Trinajstić information content (AvgIpc) is 2.36. The summed E-state index contributed by atoms with van der Waals surface area (Å²) in [5.41, 5.74) is -0.485. The van der Waals surface area contributed by atoms with Crippen molar-refractivity contribution in [3.63, 3.8) is 0 Å². The van der Waals surface area contributed by atoms with E-state index in [2.05, 4.69) is 4.90 Å². The van der Waals surface area contributed by atoms with Crippen LogP contribution in [0.1, 0.15) is 36.8 Å². The lowest BCUT2D eigenvalue weighted by molar-refractivity contribution is -0.140. The van der Waals surface area contributed by atoms with E-state index < -0.39 is 17.6 Å². The fourth-order valence-corrected chi connectivity index (χ4v) is 3.52. The number of fused-ring (bicyclic) bond motifs is 2. The highest BCUT2D eigenvalue weighted by Crippen LogP contribution is 2.42. The van der Waals surface area contributed by atoms with E-state index in [4.69, 9.17) is 0 Å². The van der Waals surface area contributed by atoms with E-state index in [1.165, 1.54) is 12.1 Å². The molecule has 21 heavy (non-hydrogen) atoms. The van der Waals surface area contributed by atoms with Crippen LogP contribution < -0.4 is 0 Å². The quantitative estimate of drug-likeness (QED) is 0.691. The standard InChI is InChI=1S/C16H17F4N/c1-21-11-4-2-5-12(21)9-10(8-11)13-6-3-7-14(17)15(13)16(18,19)20/h3,6-8,11-12H,2,4-5,9H2,1H3. The Morgan fingerprint density at radius 3 is 2.62 bits per heavy atom. The fourth-order valence-electron chi connectivity index (χ4n) is 3.52. The number of rotatable bonds is 1. The van der Waals surface area contributed by atoms with Crippen molar-refractivity contribution in [1.29, 1.82) is 0 Å². The molecular weight excluding hydrogens is 282 g/mol. The van der Waals surface area contributed by atoms with Gasteiger partial charge in [0.2, 0.25) is 0 Å². The minimum atomic E-state index is -4.67. The molecule has 1 saturated heterocycles. The zero-order valence-corrected chi connectivity index (χ0v) is 11.8. The molecule has 2 unspecified atom stereocenters. The van der Waals surface area contributed by atoms with Gasteiger partial charge in [0.05, 0.1) is 5.56 Å². The summed E-state index contributed by atoms with van der Waals surface area (Å²) >= 11 is 0. The van der Waals surface area contributed by atoms with Gasteiger partial charge < -0.3 is 0 Å². The highest BCUT2D eigenvalue weighted by Gasteiger charge is 2.39. The molecule has 5 heteroatoms. The van der Waals surface area contributed by atoms with E-state index in [-0.39, 0.29) is 17.6 Å². The number of hydrogen-bond acceptors (Lipinski definition) is 1. The van der Waals surface area contributed by atoms with Crippen LogP contribution in [0.25, 0.3) is 5.57 Å². The maximum atomic E-state index is 13.7. The summed E-state index contributed by atoms with van der Waals surface area (Å²) in [4.78, 5) is 2.22. The van der Waals surface area contributed by atoms with Gasteiger partial charge in [0.15, 0.2) is 0 Å². The van der Waals surface area contributed by atoms with Crippen molar-refractivity contribution in [2.24, 2.45) is 0 Å². The Morgan fingerprint density at radius 2 is 1.95 bits per heavy atom. The van der Waals surface area contributed by atoms with Crippen LogP contribution in [-0.4, -0.2) is 24.0 Å². The lowest BCUT2D eigenvalue weighted by atomic mass is 9.82. The molecule has 0 aliphatic carbocycles. The summed E-state index contributed by atoms with van der Waals surface area (Å²) in [5.74, 6) is -1.19. The first kappa shape index (κ1) is 14.6. The Bertz CT molecular complexity index is 576. The normalized spacial score (nSPS) is 26.6. The lowest BCUT2D eigenvalue weighted by Gasteiger charge is -2.43. The van der Waals surface area contributed by atoms with Gasteiger partial charge in [0.1, 0.15) is 5.82 Å². The van der Waals surface area contributed by atoms with Crippen LogP contribution in [0, 0.1) is 5.82 Å². The van der Waals surface area contributed by atoms with Crippen LogP contribution in [0.3, 0.4) is 0 Å². The Labute approximate surface area is 121 Å². The van der Waals surface area contributed by atoms with Crippen LogP contribution in [0.15, 0.2) is 24.3 Å². The maximum absolute atomic E-state index is 13.7. The van der Waals surface area contributed by atoms with Gasteiger partial charge in [0, 0.05) is 12.1 Å². The van der Waals surface area contributed by atoms with Crippen molar-refractivity contribution in [3.8, 4) is 0 Å². The monoisotopic (exact) mass is 299 g/mol. The van der Waals surface area contributed by atoms with Crippen LogP contribution in [0.4, 0.5) is 17.6 Å². The summed E-state index contributed by atoms with van der Waals surface area (Å²) < 4.78 is 53.2. The Morgan fingerprint density at radius 1 is 1.19 bits per heavy atom. The summed E-state index contributed by atoms with van der Waals surface area (Å²) in [6.07, 6.45) is 0.812. The van der Waals surface area contributed by atoms with Gasteiger partial charge in [0.25, 0.3) is 0 Å². The van der Waals surface area contributed by atoms with Crippen molar-refractivity contribution in [2.75, 3.05) is 7.05 Å². The second kappa shape index (κ2) is 5.13. The minimum absolute atomic E-state index is 0.00694. The van der Waals surface area contributed by atoms with Gasteiger partial charge >= 0.3 is 6.18 Å². The average molecular weight is 299 g/mol. The molecule has 3 rings (SSSR count). The number of alkyl halides is 3. The minimum Gasteiger partial charge on any atom is -0.297 e. The zero-order valence-electron chi connectivity index (χ0n) is 11.8. The molecule has 1 nitrogen and oxygen atoms in total. The molecule has 0 spiro atoms. The molecule has 2 aliphatic heterocycles. The lowest BCUT2D eigenvalue weighted by Crippen LogP contribution is -2.45. The highest BCUT2D eigenvalue weighted by atomic mass is 19.4. The molecule has 0 amide bonds. The van der Waals surface area contributed by atoms with Crippen LogP contribution in [0.2, 0.25) is 0 Å². The van der Waals surface area contributed by atoms with Crippen LogP contribution in [0.5, 0.6) is 0 Å². The van der Waals surface area contributed by atoms with Crippen molar-refractivity contribution in [2.45, 2.75) is 43.9 Å². The van der Waals surface area contributed by atoms with Gasteiger partial charge in [-0.05, 0) is 43.5 Å². The third-order valence-corrected chi connectivity index (χ3v) is 4.63. The molecule has 2 bridgehead atoms. The van der Waals surface area contributed by atoms with E-state index in [0.717, 1.165) is 25.3 Å². The number of hydrogen-bond donors (Lipinski definition) is 0. The summed E-state index contributed by atoms with van der Waals surface area (Å²) in [6.45, 7) is 0. The molecule has 0 N–H and O–H groups in total. The maximum Gasteiger partial charge on any atom is 0.419 e. The molecule has 0 aromatic heterocycles. The van der Waals surface area contributed by atoms with Crippen molar-refractivity contribution >= 4 is 5.57 Å². The number of nitrogens with zero attached hydrogens (tertiary/aromatic N) is 1. The SMILES string of the molecule is CN1C2C=C(c3cccc(F)c3C(F)(F)F)CC1CCC2. The predicted molar refractivity (Wildman–Crippen MR) is 73.2 cm³/mol. The van der Waals surface area contributed by atoms with E-state index >= 15 is 0 Å². The van der Waals surface area contributed by atoms with Gasteiger partial charge in [-0.2, -0.15) is 13.2 Å². The third-order valence-electron chi connectivity index (χ3n) is 4.63. The van der Waals surface area contributed by atoms with Gasteiger partial charge in [-0.15, -0.1) is 0 Å². The molecule has 0 saturated carbocycles. The number of piperidine rings is 1. The number of likely N-dealkylation sites (N-methyl/N-ethyl adjacent to an activating group) is 1. The number of halogens is 4. The largest absolute Gasteiger partial charge is 0.419 e. The van der Waals surface area contributed by atoms with Crippen molar-refractivity contribution < 1.29 is 17.6 Å². The summed E-state index contributed by atoms with van der Waals surface area (Å²) in [5, 5.41) is 0. The topological polar surface area (TPSA) is 3.24 Å². The molecule has 2 heterocycles. The molecule has 1 fully saturated rings. The smallest absolute Gasteiger partial charge is 0.297 e. The summed E-state index contributed by atoms with van der Waals surface area (Å²) in [6, 6.07) is 4.04. The zero-order chi connectivity index (χ0) is 15.2. The second-order valence-corrected chi connectivity index (χ2v) is 5.87. The Kier molecular flexibility index (Phi) is 3.56. The Balaban J connectivity index is 2.08. The van der Waals surface area contributed by atoms with Crippen molar-refractivity contribution in [3.05, 3.63) is 41.2 Å². The van der Waals surface area contributed by atoms with Gasteiger partial charge in [-0.3, -0.25) is 4.90 Å². The van der Waals surface area contributed by atoms with Gasteiger partial charge in [-0.1, -0.05) is 24.6 Å². The van der Waals surface area contributed by atoms with Gasteiger partial charge in [-0.25, -0.2) is 4.39 Å². The second-order valence-electron chi connectivity index (χ2n) is 5.87. The molecule has 2 atom stereocenters. The van der Waals surface area contributed by atoms with Crippen LogP contribution >= 0.6 is 0 Å². The van der Waals surface area contributed by atoms with E-state index in [1.54, 1.807) is 0 Å². The highest BCUT2D eigenvalue weighted by molar-refractivity contribution is 5.71. The molecular formula is C16H17F4N. The van der Waals surface area contributed by atoms with Crippen molar-refractivity contribution in [1.82, 2.24) is 4.90 Å².